The zero-order chi connectivity index (χ0) is 45.2. The van der Waals surface area contributed by atoms with Gasteiger partial charge in [-0.1, -0.05) is 105 Å². The number of alkyl halides is 1. The van der Waals surface area contributed by atoms with Gasteiger partial charge in [0.25, 0.3) is 0 Å². The molecule has 9 nitrogen and oxygen atoms in total. The number of rotatable bonds is 10. The Balaban J connectivity index is 0.000000247. The van der Waals surface area contributed by atoms with E-state index in [1.54, 1.807) is 103 Å². The summed E-state index contributed by atoms with van der Waals surface area (Å²) in [6.07, 6.45) is 0.253. The molecule has 63 heavy (non-hydrogen) atoms. The van der Waals surface area contributed by atoms with Crippen LogP contribution in [0.1, 0.15) is 16.7 Å². The normalized spacial score (nSPS) is 10.9. The SMILES string of the molecule is COc1ccc(CBr)c(F)c1-c1cccc(Cl)c1.COc1ccc(CC#N)c(F)c1-c1cccc(Cl)c1.COc1ccc(CC2=NNCN=N2)c(F)c1-c1cccc(Cl)c1.[C-]#N.[Na+]. The number of methoxy groups -OCH3 is 3. The van der Waals surface area contributed by atoms with E-state index in [9.17, 15) is 8.78 Å². The van der Waals surface area contributed by atoms with Gasteiger partial charge in [0, 0.05) is 32.4 Å². The van der Waals surface area contributed by atoms with Crippen LogP contribution in [0.3, 0.4) is 0 Å². The van der Waals surface area contributed by atoms with E-state index >= 15 is 4.39 Å². The van der Waals surface area contributed by atoms with Crippen molar-refractivity contribution < 1.29 is 56.9 Å². The van der Waals surface area contributed by atoms with Gasteiger partial charge in [-0.2, -0.15) is 15.5 Å². The quantitative estimate of drug-likeness (QED) is 0.0828. The molecule has 0 radical (unpaired) electrons. The summed E-state index contributed by atoms with van der Waals surface area (Å²) in [6, 6.07) is 33.0. The summed E-state index contributed by atoms with van der Waals surface area (Å²) in [4.78, 5) is 0. The molecular formula is C46H36BrCl3F3N6NaO3. The van der Waals surface area contributed by atoms with Gasteiger partial charge in [0.1, 0.15) is 41.4 Å². The number of nitrogens with one attached hydrogen (secondary N) is 1. The van der Waals surface area contributed by atoms with Gasteiger partial charge in [-0.25, -0.2) is 13.2 Å². The molecule has 6 aromatic rings. The van der Waals surface area contributed by atoms with Crippen molar-refractivity contribution >= 4 is 56.6 Å². The molecule has 0 amide bonds. The number of nitriles is 1. The van der Waals surface area contributed by atoms with E-state index in [0.29, 0.717) is 100 Å². The first-order valence-electron chi connectivity index (χ1n) is 18.2. The predicted molar refractivity (Wildman–Crippen MR) is 241 cm³/mol. The molecule has 0 unspecified atom stereocenters. The van der Waals surface area contributed by atoms with Crippen molar-refractivity contribution in [2.45, 2.75) is 18.2 Å². The van der Waals surface area contributed by atoms with Crippen LogP contribution in [-0.4, -0.2) is 33.8 Å². The summed E-state index contributed by atoms with van der Waals surface area (Å²) in [5, 5.41) is 28.8. The molecule has 0 aliphatic carbocycles. The average Bonchev–Trinajstić information content (AvgIpc) is 3.29. The molecule has 0 atom stereocenters. The maximum absolute atomic E-state index is 15.0. The fourth-order valence-corrected chi connectivity index (χ4v) is 7.06. The largest absolute Gasteiger partial charge is 1.00 e. The van der Waals surface area contributed by atoms with E-state index < -0.39 is 5.82 Å². The molecule has 0 saturated carbocycles. The molecule has 0 aromatic heterocycles. The third-order valence-corrected chi connectivity index (χ3v) is 10.2. The number of halogens is 7. The topological polar surface area (TPSA) is 124 Å². The van der Waals surface area contributed by atoms with Crippen molar-refractivity contribution in [1.82, 2.24) is 5.43 Å². The van der Waals surface area contributed by atoms with Crippen LogP contribution in [0.4, 0.5) is 13.2 Å². The molecule has 1 heterocycles. The Morgan fingerprint density at radius 1 is 0.651 bits per heavy atom. The summed E-state index contributed by atoms with van der Waals surface area (Å²) in [6.45, 7) is 5.09. The van der Waals surface area contributed by atoms with Crippen molar-refractivity contribution in [3.63, 3.8) is 0 Å². The number of benzene rings is 6. The Kier molecular flexibility index (Phi) is 22.0. The van der Waals surface area contributed by atoms with Crippen LogP contribution in [0.15, 0.2) is 125 Å². The molecule has 0 spiro atoms. The van der Waals surface area contributed by atoms with E-state index in [1.807, 2.05) is 12.1 Å². The molecule has 7 rings (SSSR count). The molecular weight excluding hydrogens is 951 g/mol. The van der Waals surface area contributed by atoms with Crippen molar-refractivity contribution in [1.29, 1.82) is 10.5 Å². The van der Waals surface area contributed by atoms with Gasteiger partial charge in [-0.15, -0.1) is 5.11 Å². The second-order valence-corrected chi connectivity index (χ2v) is 14.5. The molecule has 17 heteroatoms. The summed E-state index contributed by atoms with van der Waals surface area (Å²) in [5.41, 5.74) is 7.24. The van der Waals surface area contributed by atoms with E-state index in [4.69, 9.17) is 66.1 Å². The molecule has 318 valence electrons. The van der Waals surface area contributed by atoms with Crippen LogP contribution < -0.4 is 49.2 Å². The van der Waals surface area contributed by atoms with Gasteiger partial charge in [-0.05, 0) is 82.4 Å². The summed E-state index contributed by atoms with van der Waals surface area (Å²) < 4.78 is 59.6. The Labute approximate surface area is 409 Å². The van der Waals surface area contributed by atoms with E-state index in [-0.39, 0.29) is 54.0 Å². The third kappa shape index (κ3) is 13.9. The molecule has 1 N–H and O–H groups in total. The van der Waals surface area contributed by atoms with Crippen LogP contribution in [0.2, 0.25) is 15.1 Å². The van der Waals surface area contributed by atoms with Crippen molar-refractivity contribution in [3.05, 3.63) is 165 Å². The van der Waals surface area contributed by atoms with Gasteiger partial charge in [0.2, 0.25) is 0 Å². The minimum Gasteiger partial charge on any atom is -0.512 e. The van der Waals surface area contributed by atoms with Crippen molar-refractivity contribution in [2.75, 3.05) is 28.0 Å². The number of ether oxygens (including phenoxy) is 3. The van der Waals surface area contributed by atoms with Gasteiger partial charge in [0.15, 0.2) is 5.84 Å². The first-order valence-corrected chi connectivity index (χ1v) is 20.4. The number of hydrogen-bond donors (Lipinski definition) is 1. The number of hydrogen-bond acceptors (Lipinski definition) is 9. The van der Waals surface area contributed by atoms with Crippen molar-refractivity contribution in [3.8, 4) is 56.7 Å². The Bertz CT molecular complexity index is 2630. The van der Waals surface area contributed by atoms with E-state index in [2.05, 4.69) is 36.7 Å². The number of nitrogens with zero attached hydrogens (tertiary/aromatic N) is 5. The van der Waals surface area contributed by atoms with Crippen LogP contribution in [-0.2, 0) is 18.2 Å². The molecule has 1 aliphatic heterocycles. The van der Waals surface area contributed by atoms with E-state index in [0.717, 1.165) is 0 Å². The average molecular weight is 987 g/mol. The van der Waals surface area contributed by atoms with Gasteiger partial charge < -0.3 is 26.0 Å². The Hall–Kier alpha value is -5.09. The number of amidine groups is 1. The minimum absolute atomic E-state index is 0. The monoisotopic (exact) mass is 984 g/mol. The molecule has 0 fully saturated rings. The maximum Gasteiger partial charge on any atom is 1.00 e. The Morgan fingerprint density at radius 2 is 1.05 bits per heavy atom. The van der Waals surface area contributed by atoms with Crippen molar-refractivity contribution in [2.24, 2.45) is 15.3 Å². The Morgan fingerprint density at radius 3 is 1.41 bits per heavy atom. The summed E-state index contributed by atoms with van der Waals surface area (Å²) in [7, 11) is 4.51. The van der Waals surface area contributed by atoms with Crippen LogP contribution in [0, 0.1) is 40.6 Å². The molecule has 1 aliphatic rings. The second-order valence-electron chi connectivity index (χ2n) is 12.6. The number of azo groups is 1. The fraction of sp³-hybridized carbons (Fsp3) is 0.152. The molecule has 6 aromatic carbocycles. The molecule has 0 bridgehead atoms. The first kappa shape index (κ1) is 52.3. The van der Waals surface area contributed by atoms with Crippen LogP contribution in [0.5, 0.6) is 17.2 Å². The van der Waals surface area contributed by atoms with Gasteiger partial charge in [0.05, 0.1) is 50.5 Å². The fourth-order valence-electron chi connectivity index (χ4n) is 6.06. The summed E-state index contributed by atoms with van der Waals surface area (Å²) >= 11 is 21.2. The van der Waals surface area contributed by atoms with Crippen LogP contribution >= 0.6 is 50.7 Å². The second kappa shape index (κ2) is 26.5. The molecule has 0 saturated heterocycles. The third-order valence-electron chi connectivity index (χ3n) is 8.85. The first-order chi connectivity index (χ1) is 30.0. The zero-order valence-electron chi connectivity index (χ0n) is 34.3. The smallest absolute Gasteiger partial charge is 0.512 e. The zero-order valence-corrected chi connectivity index (χ0v) is 40.2. The summed E-state index contributed by atoms with van der Waals surface area (Å²) in [5.74, 6) is 0.684. The standard InChI is InChI=1S/C16H14ClFN4O.C15H11ClFNO.C14H11BrClFO.CN.Na/c1-23-13-6-5-11(8-14-21-19-9-20-22-14)16(18)15(13)10-3-2-4-12(17)7-10;1-19-13-6-5-10(7-8-18)15(17)14(13)11-3-2-4-12(16)9-11;1-18-12-6-5-10(8-15)14(17)13(12)9-3-2-4-11(16)7-9;1-2;/h2-7,19H,8-9H2,1H3;2-6,9H,7H2,1H3;2-7H,8H2,1H3;;/q;;;-1;+1. The maximum atomic E-state index is 15.0. The minimum atomic E-state index is -0.442. The van der Waals surface area contributed by atoms with E-state index in [1.165, 1.54) is 21.3 Å². The van der Waals surface area contributed by atoms with Gasteiger partial charge >= 0.3 is 29.6 Å². The predicted octanol–water partition coefficient (Wildman–Crippen LogP) is 10.4. The van der Waals surface area contributed by atoms with Crippen LogP contribution in [0.25, 0.3) is 33.4 Å². The number of hydrazone groups is 1. The van der Waals surface area contributed by atoms with Gasteiger partial charge in [-0.3, -0.25) is 5.43 Å².